The number of nitrogens with two attached hydrogens (primary N) is 1. The summed E-state index contributed by atoms with van der Waals surface area (Å²) < 4.78 is 68.5. The summed E-state index contributed by atoms with van der Waals surface area (Å²) in [6, 6.07) is 3.51. The van der Waals surface area contributed by atoms with Crippen LogP contribution in [0.2, 0.25) is 5.02 Å². The number of anilines is 2. The predicted octanol–water partition coefficient (Wildman–Crippen LogP) is 3.64. The standard InChI is InChI=1S/C20H18ClF5N4O2/c1-10-5-11(20(24,25)26)6-16(28-10)30-9-19(23,18(27)32)8-15(30)17(31)29(2)12-3-4-14(22)13(21)7-12/h3-7,15H,8-9H2,1-2H3,(H2,27,32)/t15-,19-/m0/s1. The molecule has 2 atom stereocenters. The van der Waals surface area contributed by atoms with Gasteiger partial charge >= 0.3 is 6.18 Å². The topological polar surface area (TPSA) is 79.5 Å². The number of alkyl halides is 4. The molecule has 1 aromatic carbocycles. The molecule has 1 aromatic heterocycles. The Morgan fingerprint density at radius 2 is 1.94 bits per heavy atom. The molecule has 3 rings (SSSR count). The van der Waals surface area contributed by atoms with Crippen molar-refractivity contribution in [1.29, 1.82) is 0 Å². The number of hydrogen-bond acceptors (Lipinski definition) is 4. The third kappa shape index (κ3) is 4.47. The second kappa shape index (κ2) is 8.19. The lowest BCUT2D eigenvalue weighted by Gasteiger charge is -2.29. The summed E-state index contributed by atoms with van der Waals surface area (Å²) in [5.74, 6) is -3.18. The molecule has 0 unspecified atom stereocenters. The first-order valence-corrected chi connectivity index (χ1v) is 9.65. The molecule has 12 heteroatoms. The molecule has 6 nitrogen and oxygen atoms in total. The van der Waals surface area contributed by atoms with E-state index in [4.69, 9.17) is 17.3 Å². The molecule has 0 spiro atoms. The van der Waals surface area contributed by atoms with Gasteiger partial charge < -0.3 is 15.5 Å². The summed E-state index contributed by atoms with van der Waals surface area (Å²) in [7, 11) is 1.30. The van der Waals surface area contributed by atoms with Gasteiger partial charge in [0.25, 0.3) is 5.91 Å². The molecule has 1 fully saturated rings. The lowest BCUT2D eigenvalue weighted by molar-refractivity contribution is -0.137. The highest BCUT2D eigenvalue weighted by Gasteiger charge is 2.53. The summed E-state index contributed by atoms with van der Waals surface area (Å²) >= 11 is 5.75. The van der Waals surface area contributed by atoms with Crippen LogP contribution in [0, 0.1) is 12.7 Å². The normalized spacial score (nSPS) is 21.0. The van der Waals surface area contributed by atoms with Crippen LogP contribution in [0.15, 0.2) is 30.3 Å². The Morgan fingerprint density at radius 1 is 1.28 bits per heavy atom. The summed E-state index contributed by atoms with van der Waals surface area (Å²) in [6.07, 6.45) is -5.41. The molecular weight excluding hydrogens is 459 g/mol. The first-order chi connectivity index (χ1) is 14.7. The van der Waals surface area contributed by atoms with Crippen molar-refractivity contribution < 1.29 is 31.5 Å². The predicted molar refractivity (Wildman–Crippen MR) is 108 cm³/mol. The number of hydrogen-bond donors (Lipinski definition) is 1. The second-order valence-electron chi connectivity index (χ2n) is 7.53. The molecule has 1 saturated heterocycles. The number of carbonyl (C=O) groups excluding carboxylic acids is 2. The molecule has 0 aliphatic carbocycles. The number of carbonyl (C=O) groups is 2. The number of pyridine rings is 1. The first kappa shape index (κ1) is 23.7. The smallest absolute Gasteiger partial charge is 0.367 e. The molecule has 0 bridgehead atoms. The largest absolute Gasteiger partial charge is 0.416 e. The van der Waals surface area contributed by atoms with Gasteiger partial charge in [0.1, 0.15) is 17.7 Å². The summed E-state index contributed by atoms with van der Waals surface area (Å²) in [6.45, 7) is 0.555. The van der Waals surface area contributed by atoms with Crippen molar-refractivity contribution in [2.45, 2.75) is 31.2 Å². The Bertz CT molecular complexity index is 1080. The zero-order valence-electron chi connectivity index (χ0n) is 16.9. The van der Waals surface area contributed by atoms with Crippen molar-refractivity contribution in [3.05, 3.63) is 52.4 Å². The molecule has 2 aromatic rings. The highest BCUT2D eigenvalue weighted by Crippen LogP contribution is 2.38. The third-order valence-electron chi connectivity index (χ3n) is 5.22. The van der Waals surface area contributed by atoms with Crippen LogP contribution in [0.5, 0.6) is 0 Å². The summed E-state index contributed by atoms with van der Waals surface area (Å²) in [5.41, 5.74) is 1.58. The van der Waals surface area contributed by atoms with E-state index in [1.54, 1.807) is 0 Å². The molecule has 2 amide bonds. The van der Waals surface area contributed by atoms with E-state index in [-0.39, 0.29) is 22.2 Å². The van der Waals surface area contributed by atoms with Crippen LogP contribution >= 0.6 is 11.6 Å². The number of aromatic nitrogens is 1. The molecule has 2 N–H and O–H groups in total. The Hall–Kier alpha value is -2.95. The average Bonchev–Trinajstić information content (AvgIpc) is 3.07. The molecule has 0 radical (unpaired) electrons. The van der Waals surface area contributed by atoms with Crippen LogP contribution in [0.3, 0.4) is 0 Å². The van der Waals surface area contributed by atoms with Crippen molar-refractivity contribution in [2.24, 2.45) is 5.73 Å². The fourth-order valence-electron chi connectivity index (χ4n) is 3.51. The van der Waals surface area contributed by atoms with Gasteiger partial charge in [-0.25, -0.2) is 13.8 Å². The zero-order chi connectivity index (χ0) is 24.0. The fraction of sp³-hybridized carbons (Fsp3) is 0.350. The van der Waals surface area contributed by atoms with Crippen LogP contribution < -0.4 is 15.5 Å². The minimum atomic E-state index is -4.71. The van der Waals surface area contributed by atoms with E-state index in [1.807, 2.05) is 0 Å². The molecule has 0 saturated carbocycles. The monoisotopic (exact) mass is 476 g/mol. The number of halogens is 6. The Labute approximate surface area is 184 Å². The van der Waals surface area contributed by atoms with Gasteiger partial charge in [0, 0.05) is 24.8 Å². The van der Waals surface area contributed by atoms with Crippen LogP contribution in [-0.4, -0.2) is 42.1 Å². The van der Waals surface area contributed by atoms with Gasteiger partial charge in [-0.3, -0.25) is 9.59 Å². The summed E-state index contributed by atoms with van der Waals surface area (Å²) in [4.78, 5) is 30.9. The number of nitrogens with zero attached hydrogens (tertiary/aromatic N) is 3. The number of benzene rings is 1. The molecule has 32 heavy (non-hydrogen) atoms. The van der Waals surface area contributed by atoms with E-state index in [0.29, 0.717) is 6.07 Å². The SMILES string of the molecule is Cc1cc(C(F)(F)F)cc(N2C[C@](F)(C(N)=O)C[C@H]2C(=O)N(C)c2ccc(F)c(Cl)c2)n1. The quantitative estimate of drug-likeness (QED) is 0.683. The maximum atomic E-state index is 15.2. The number of primary amides is 1. The molecule has 2 heterocycles. The van der Waals surface area contributed by atoms with Gasteiger partial charge in [0.2, 0.25) is 11.6 Å². The second-order valence-corrected chi connectivity index (χ2v) is 7.93. The van der Waals surface area contributed by atoms with E-state index < -0.39 is 54.0 Å². The number of likely N-dealkylation sites (N-methyl/N-ethyl adjacent to an activating group) is 1. The highest BCUT2D eigenvalue weighted by atomic mass is 35.5. The Kier molecular flexibility index (Phi) is 6.07. The first-order valence-electron chi connectivity index (χ1n) is 9.27. The van der Waals surface area contributed by atoms with Gasteiger partial charge in [-0.2, -0.15) is 13.2 Å². The zero-order valence-corrected chi connectivity index (χ0v) is 17.6. The minimum absolute atomic E-state index is 0.0184. The van der Waals surface area contributed by atoms with Crippen LogP contribution in [0.1, 0.15) is 17.7 Å². The Balaban J connectivity index is 2.04. The van der Waals surface area contributed by atoms with E-state index in [0.717, 1.165) is 28.0 Å². The van der Waals surface area contributed by atoms with Gasteiger partial charge in [-0.05, 0) is 37.3 Å². The lowest BCUT2D eigenvalue weighted by atomic mass is 10.0. The van der Waals surface area contributed by atoms with Crippen LogP contribution in [0.4, 0.5) is 33.5 Å². The van der Waals surface area contributed by atoms with Gasteiger partial charge in [-0.1, -0.05) is 11.6 Å². The fourth-order valence-corrected chi connectivity index (χ4v) is 3.68. The molecule has 172 valence electrons. The average molecular weight is 477 g/mol. The van der Waals surface area contributed by atoms with Crippen molar-refractivity contribution in [2.75, 3.05) is 23.4 Å². The van der Waals surface area contributed by atoms with Gasteiger partial charge in [0.15, 0.2) is 0 Å². The third-order valence-corrected chi connectivity index (χ3v) is 5.51. The lowest BCUT2D eigenvalue weighted by Crippen LogP contribution is -2.45. The molecule has 1 aliphatic heterocycles. The minimum Gasteiger partial charge on any atom is -0.367 e. The van der Waals surface area contributed by atoms with Gasteiger partial charge in [-0.15, -0.1) is 0 Å². The number of amides is 2. The van der Waals surface area contributed by atoms with Gasteiger partial charge in [0.05, 0.1) is 17.1 Å². The maximum absolute atomic E-state index is 15.2. The van der Waals surface area contributed by atoms with Crippen molar-refractivity contribution in [3.63, 3.8) is 0 Å². The number of aryl methyl sites for hydroxylation is 1. The molecular formula is C20H18ClF5N4O2. The Morgan fingerprint density at radius 3 is 2.50 bits per heavy atom. The van der Waals surface area contributed by atoms with Crippen molar-refractivity contribution in [3.8, 4) is 0 Å². The number of rotatable bonds is 4. The van der Waals surface area contributed by atoms with Crippen LogP contribution in [-0.2, 0) is 15.8 Å². The van der Waals surface area contributed by atoms with Crippen molar-refractivity contribution >= 4 is 34.9 Å². The van der Waals surface area contributed by atoms with Crippen molar-refractivity contribution in [1.82, 2.24) is 4.98 Å². The van der Waals surface area contributed by atoms with E-state index in [1.165, 1.54) is 20.0 Å². The summed E-state index contributed by atoms with van der Waals surface area (Å²) in [5, 5.41) is -0.266. The highest BCUT2D eigenvalue weighted by molar-refractivity contribution is 6.31. The van der Waals surface area contributed by atoms with Crippen LogP contribution in [0.25, 0.3) is 0 Å². The van der Waals surface area contributed by atoms with E-state index >= 15 is 4.39 Å². The van der Waals surface area contributed by atoms with E-state index in [9.17, 15) is 27.2 Å². The maximum Gasteiger partial charge on any atom is 0.416 e. The van der Waals surface area contributed by atoms with E-state index in [2.05, 4.69) is 4.98 Å². The molecule has 1 aliphatic rings.